The van der Waals surface area contributed by atoms with Gasteiger partial charge in [0.2, 0.25) is 0 Å². The molecule has 1 aliphatic heterocycles. The molecular formula is C15H22O3. The van der Waals surface area contributed by atoms with Gasteiger partial charge in [0.05, 0.1) is 12.7 Å². The van der Waals surface area contributed by atoms with Crippen molar-refractivity contribution >= 4 is 0 Å². The molecule has 1 fully saturated rings. The van der Waals surface area contributed by atoms with Crippen LogP contribution in [0.3, 0.4) is 0 Å². The van der Waals surface area contributed by atoms with E-state index in [9.17, 15) is 5.11 Å². The first-order valence-electron chi connectivity index (χ1n) is 6.78. The van der Waals surface area contributed by atoms with E-state index in [1.54, 1.807) is 0 Å². The van der Waals surface area contributed by atoms with Crippen LogP contribution >= 0.6 is 0 Å². The molecule has 1 N–H and O–H groups in total. The highest BCUT2D eigenvalue weighted by atomic mass is 16.5. The van der Waals surface area contributed by atoms with Gasteiger partial charge in [-0.25, -0.2) is 0 Å². The van der Waals surface area contributed by atoms with Gasteiger partial charge in [-0.1, -0.05) is 18.2 Å². The number of ether oxygens (including phenoxy) is 2. The molecule has 18 heavy (non-hydrogen) atoms. The Hall–Kier alpha value is -1.06. The number of aliphatic hydroxyl groups is 1. The summed E-state index contributed by atoms with van der Waals surface area (Å²) in [4.78, 5) is 0. The lowest BCUT2D eigenvalue weighted by Gasteiger charge is -2.25. The zero-order valence-corrected chi connectivity index (χ0v) is 11.0. The lowest BCUT2D eigenvalue weighted by atomic mass is 9.91. The van der Waals surface area contributed by atoms with Gasteiger partial charge >= 0.3 is 0 Å². The molecule has 1 heterocycles. The molecule has 0 spiro atoms. The summed E-state index contributed by atoms with van der Waals surface area (Å²) in [6.07, 6.45) is 2.46. The maximum absolute atomic E-state index is 10.4. The molecule has 0 radical (unpaired) electrons. The summed E-state index contributed by atoms with van der Waals surface area (Å²) in [5.74, 6) is 1.36. The van der Waals surface area contributed by atoms with Crippen LogP contribution in [0.2, 0.25) is 0 Å². The van der Waals surface area contributed by atoms with E-state index in [1.807, 2.05) is 31.2 Å². The van der Waals surface area contributed by atoms with Crippen LogP contribution in [-0.4, -0.2) is 24.9 Å². The van der Waals surface area contributed by atoms with Gasteiger partial charge in [-0.2, -0.15) is 0 Å². The summed E-state index contributed by atoms with van der Waals surface area (Å²) in [5, 5.41) is 10.4. The molecule has 1 unspecified atom stereocenters. The second-order valence-electron chi connectivity index (χ2n) is 4.78. The monoisotopic (exact) mass is 250 g/mol. The molecule has 1 atom stereocenters. The first-order chi connectivity index (χ1) is 8.81. The van der Waals surface area contributed by atoms with Crippen LogP contribution in [0.1, 0.15) is 37.9 Å². The normalized spacial score (nSPS) is 18.6. The van der Waals surface area contributed by atoms with Gasteiger partial charge < -0.3 is 14.6 Å². The summed E-state index contributed by atoms with van der Waals surface area (Å²) < 4.78 is 10.9. The Balaban J connectivity index is 2.00. The van der Waals surface area contributed by atoms with Gasteiger partial charge in [0.25, 0.3) is 0 Å². The summed E-state index contributed by atoms with van der Waals surface area (Å²) in [5.41, 5.74) is 0.908. The molecule has 0 aromatic heterocycles. The van der Waals surface area contributed by atoms with E-state index in [0.29, 0.717) is 12.5 Å². The number of hydrogen-bond acceptors (Lipinski definition) is 3. The molecule has 1 aromatic rings. The molecule has 0 saturated carbocycles. The van der Waals surface area contributed by atoms with Gasteiger partial charge in [-0.05, 0) is 38.2 Å². The van der Waals surface area contributed by atoms with E-state index in [0.717, 1.165) is 43.8 Å². The molecule has 3 heteroatoms. The van der Waals surface area contributed by atoms with Crippen molar-refractivity contribution in [3.8, 4) is 5.75 Å². The zero-order valence-electron chi connectivity index (χ0n) is 11.0. The van der Waals surface area contributed by atoms with Gasteiger partial charge in [0.1, 0.15) is 5.75 Å². The maximum atomic E-state index is 10.4. The van der Waals surface area contributed by atoms with Gasteiger partial charge in [-0.3, -0.25) is 0 Å². The molecular weight excluding hydrogens is 228 g/mol. The molecule has 0 aliphatic carbocycles. The number of rotatable bonds is 5. The first kappa shape index (κ1) is 13.4. The molecule has 1 saturated heterocycles. The van der Waals surface area contributed by atoms with Crippen molar-refractivity contribution in [3.05, 3.63) is 29.8 Å². The molecule has 3 nitrogen and oxygen atoms in total. The third kappa shape index (κ3) is 3.47. The third-order valence-electron chi connectivity index (χ3n) is 3.48. The fourth-order valence-corrected chi connectivity index (χ4v) is 2.47. The van der Waals surface area contributed by atoms with Gasteiger partial charge in [0, 0.05) is 18.8 Å². The van der Waals surface area contributed by atoms with E-state index < -0.39 is 6.10 Å². The topological polar surface area (TPSA) is 38.7 Å². The molecule has 1 aliphatic rings. The van der Waals surface area contributed by atoms with Gasteiger partial charge in [-0.15, -0.1) is 0 Å². The fourth-order valence-electron chi connectivity index (χ4n) is 2.47. The second kappa shape index (κ2) is 6.76. The highest BCUT2D eigenvalue weighted by Gasteiger charge is 2.20. The Kier molecular flexibility index (Phi) is 5.02. The zero-order chi connectivity index (χ0) is 12.8. The van der Waals surface area contributed by atoms with Crippen molar-refractivity contribution in [3.63, 3.8) is 0 Å². The average molecular weight is 250 g/mol. The lowest BCUT2D eigenvalue weighted by Crippen LogP contribution is -2.18. The van der Waals surface area contributed by atoms with Crippen molar-refractivity contribution in [2.75, 3.05) is 19.8 Å². The quantitative estimate of drug-likeness (QED) is 0.873. The van der Waals surface area contributed by atoms with Crippen LogP contribution < -0.4 is 4.74 Å². The van der Waals surface area contributed by atoms with E-state index >= 15 is 0 Å². The van der Waals surface area contributed by atoms with Crippen LogP contribution in [-0.2, 0) is 4.74 Å². The van der Waals surface area contributed by atoms with E-state index in [4.69, 9.17) is 9.47 Å². The van der Waals surface area contributed by atoms with Crippen LogP contribution in [0.4, 0.5) is 0 Å². The Morgan fingerprint density at radius 2 is 2.06 bits per heavy atom. The van der Waals surface area contributed by atoms with Crippen molar-refractivity contribution in [2.45, 2.75) is 32.3 Å². The van der Waals surface area contributed by atoms with Crippen LogP contribution in [0, 0.1) is 5.92 Å². The fraction of sp³-hybridized carbons (Fsp3) is 0.600. The van der Waals surface area contributed by atoms with E-state index in [1.165, 1.54) is 0 Å². The Labute approximate surface area is 109 Å². The average Bonchev–Trinajstić information content (AvgIpc) is 2.41. The number of benzene rings is 1. The number of aliphatic hydroxyl groups excluding tert-OH is 1. The minimum Gasteiger partial charge on any atom is -0.493 e. The standard InChI is InChI=1S/C15H22O3/c1-2-18-15-6-4-3-5-13(15)14(16)11-12-7-9-17-10-8-12/h3-6,12,14,16H,2,7-11H2,1H3. The molecule has 0 amide bonds. The minimum atomic E-state index is -0.434. The van der Waals surface area contributed by atoms with Crippen LogP contribution in [0.5, 0.6) is 5.75 Å². The smallest absolute Gasteiger partial charge is 0.125 e. The molecule has 1 aromatic carbocycles. The minimum absolute atomic E-state index is 0.434. The third-order valence-corrected chi connectivity index (χ3v) is 3.48. The summed E-state index contributed by atoms with van der Waals surface area (Å²) >= 11 is 0. The molecule has 0 bridgehead atoms. The van der Waals surface area contributed by atoms with Crippen molar-refractivity contribution in [1.82, 2.24) is 0 Å². The van der Waals surface area contributed by atoms with E-state index in [-0.39, 0.29) is 0 Å². The molecule has 2 rings (SSSR count). The van der Waals surface area contributed by atoms with Crippen LogP contribution in [0.25, 0.3) is 0 Å². The summed E-state index contributed by atoms with van der Waals surface area (Å²) in [6, 6.07) is 7.77. The lowest BCUT2D eigenvalue weighted by molar-refractivity contribution is 0.0430. The molecule has 100 valence electrons. The maximum Gasteiger partial charge on any atom is 0.125 e. The second-order valence-corrected chi connectivity index (χ2v) is 4.78. The largest absolute Gasteiger partial charge is 0.493 e. The summed E-state index contributed by atoms with van der Waals surface area (Å²) in [7, 11) is 0. The van der Waals surface area contributed by atoms with Gasteiger partial charge in [0.15, 0.2) is 0 Å². The Morgan fingerprint density at radius 1 is 1.33 bits per heavy atom. The predicted octanol–water partition coefficient (Wildman–Crippen LogP) is 2.94. The van der Waals surface area contributed by atoms with Crippen molar-refractivity contribution < 1.29 is 14.6 Å². The van der Waals surface area contributed by atoms with Crippen molar-refractivity contribution in [2.24, 2.45) is 5.92 Å². The summed E-state index contributed by atoms with van der Waals surface area (Å²) in [6.45, 7) is 4.23. The van der Waals surface area contributed by atoms with E-state index in [2.05, 4.69) is 0 Å². The predicted molar refractivity (Wildman–Crippen MR) is 70.7 cm³/mol. The Morgan fingerprint density at radius 3 is 2.78 bits per heavy atom. The highest BCUT2D eigenvalue weighted by molar-refractivity contribution is 5.35. The number of hydrogen-bond donors (Lipinski definition) is 1. The van der Waals surface area contributed by atoms with Crippen molar-refractivity contribution in [1.29, 1.82) is 0 Å². The van der Waals surface area contributed by atoms with Crippen LogP contribution in [0.15, 0.2) is 24.3 Å². The SMILES string of the molecule is CCOc1ccccc1C(O)CC1CCOCC1. The Bertz CT molecular complexity index is 359. The number of para-hydroxylation sites is 1. The highest BCUT2D eigenvalue weighted by Crippen LogP contribution is 2.32. The first-order valence-corrected chi connectivity index (χ1v) is 6.78.